The Balaban J connectivity index is 2.16. The normalized spacial score (nSPS) is 18.8. The quantitative estimate of drug-likeness (QED) is 0.840. The Bertz CT molecular complexity index is 347. The molecular weight excluding hydrogens is 222 g/mol. The lowest BCUT2D eigenvalue weighted by Crippen LogP contribution is -2.29. The van der Waals surface area contributed by atoms with Crippen LogP contribution in [0.15, 0.2) is 0 Å². The number of aliphatic hydroxyl groups is 1. The SMILES string of the molecule is Cc1nc(N2CCCCC2)sc1[C@H](N)CO. The zero-order valence-electron chi connectivity index (χ0n) is 9.65. The van der Waals surface area contributed by atoms with Gasteiger partial charge in [0.05, 0.1) is 18.3 Å². The van der Waals surface area contributed by atoms with Gasteiger partial charge in [0.1, 0.15) is 0 Å². The molecule has 1 aromatic heterocycles. The van der Waals surface area contributed by atoms with Crippen LogP contribution in [-0.4, -0.2) is 29.8 Å². The average Bonchev–Trinajstić information content (AvgIpc) is 2.71. The Morgan fingerprint density at radius 1 is 1.44 bits per heavy atom. The van der Waals surface area contributed by atoms with Gasteiger partial charge in [-0.3, -0.25) is 0 Å². The molecule has 1 saturated heterocycles. The molecule has 1 fully saturated rings. The minimum atomic E-state index is -0.281. The van der Waals surface area contributed by atoms with Crippen LogP contribution in [-0.2, 0) is 0 Å². The molecule has 0 spiro atoms. The van der Waals surface area contributed by atoms with E-state index in [4.69, 9.17) is 10.8 Å². The molecule has 0 unspecified atom stereocenters. The van der Waals surface area contributed by atoms with Gasteiger partial charge in [-0.2, -0.15) is 0 Å². The van der Waals surface area contributed by atoms with Crippen molar-refractivity contribution in [2.45, 2.75) is 32.2 Å². The predicted molar refractivity (Wildman–Crippen MR) is 66.9 cm³/mol. The van der Waals surface area contributed by atoms with E-state index in [1.807, 2.05) is 6.92 Å². The second-order valence-corrected chi connectivity index (χ2v) is 5.29. The highest BCUT2D eigenvalue weighted by Gasteiger charge is 2.19. The molecule has 2 rings (SSSR count). The summed E-state index contributed by atoms with van der Waals surface area (Å²) in [6.07, 6.45) is 3.82. The molecule has 1 aromatic rings. The summed E-state index contributed by atoms with van der Waals surface area (Å²) in [4.78, 5) is 7.90. The average molecular weight is 241 g/mol. The summed E-state index contributed by atoms with van der Waals surface area (Å²) in [6, 6.07) is -0.281. The Kier molecular flexibility index (Phi) is 3.78. The van der Waals surface area contributed by atoms with E-state index >= 15 is 0 Å². The van der Waals surface area contributed by atoms with Crippen molar-refractivity contribution in [2.75, 3.05) is 24.6 Å². The molecule has 1 aliphatic rings. The fraction of sp³-hybridized carbons (Fsp3) is 0.727. The van der Waals surface area contributed by atoms with Gasteiger partial charge in [0.2, 0.25) is 0 Å². The number of nitrogens with two attached hydrogens (primary N) is 1. The second kappa shape index (κ2) is 5.12. The van der Waals surface area contributed by atoms with E-state index in [0.717, 1.165) is 28.8 Å². The van der Waals surface area contributed by atoms with Crippen molar-refractivity contribution in [1.29, 1.82) is 0 Å². The molecule has 0 amide bonds. The fourth-order valence-electron chi connectivity index (χ4n) is 2.04. The Labute approximate surface area is 100 Å². The zero-order chi connectivity index (χ0) is 11.5. The maximum atomic E-state index is 9.07. The summed E-state index contributed by atoms with van der Waals surface area (Å²) >= 11 is 1.63. The van der Waals surface area contributed by atoms with Crippen LogP contribution < -0.4 is 10.6 Å². The minimum Gasteiger partial charge on any atom is -0.394 e. The fourth-order valence-corrected chi connectivity index (χ4v) is 3.15. The number of hydrogen-bond acceptors (Lipinski definition) is 5. The first-order chi connectivity index (χ1) is 7.72. The topological polar surface area (TPSA) is 62.4 Å². The van der Waals surface area contributed by atoms with Gasteiger partial charge in [-0.05, 0) is 26.2 Å². The summed E-state index contributed by atoms with van der Waals surface area (Å²) in [5, 5.41) is 10.1. The van der Waals surface area contributed by atoms with Gasteiger partial charge in [0.15, 0.2) is 5.13 Å². The molecule has 4 nitrogen and oxygen atoms in total. The summed E-state index contributed by atoms with van der Waals surface area (Å²) in [6.45, 7) is 4.15. The third-order valence-electron chi connectivity index (χ3n) is 2.98. The lowest BCUT2D eigenvalue weighted by molar-refractivity contribution is 0.269. The van der Waals surface area contributed by atoms with Crippen molar-refractivity contribution >= 4 is 16.5 Å². The van der Waals surface area contributed by atoms with Crippen LogP contribution >= 0.6 is 11.3 Å². The van der Waals surface area contributed by atoms with Gasteiger partial charge in [-0.1, -0.05) is 11.3 Å². The van der Waals surface area contributed by atoms with Gasteiger partial charge in [-0.15, -0.1) is 0 Å². The molecule has 0 aromatic carbocycles. The molecule has 2 heterocycles. The van der Waals surface area contributed by atoms with E-state index in [1.165, 1.54) is 19.3 Å². The van der Waals surface area contributed by atoms with Crippen molar-refractivity contribution in [3.63, 3.8) is 0 Å². The van der Waals surface area contributed by atoms with E-state index in [1.54, 1.807) is 11.3 Å². The van der Waals surface area contributed by atoms with Crippen molar-refractivity contribution in [3.8, 4) is 0 Å². The second-order valence-electron chi connectivity index (χ2n) is 4.28. The molecule has 0 bridgehead atoms. The highest BCUT2D eigenvalue weighted by molar-refractivity contribution is 7.15. The third-order valence-corrected chi connectivity index (χ3v) is 4.33. The van der Waals surface area contributed by atoms with Crippen molar-refractivity contribution in [1.82, 2.24) is 4.98 Å². The van der Waals surface area contributed by atoms with E-state index < -0.39 is 0 Å². The number of anilines is 1. The van der Waals surface area contributed by atoms with Gasteiger partial charge in [-0.25, -0.2) is 4.98 Å². The number of hydrogen-bond donors (Lipinski definition) is 2. The van der Waals surface area contributed by atoms with Crippen molar-refractivity contribution in [3.05, 3.63) is 10.6 Å². The van der Waals surface area contributed by atoms with Crippen LogP contribution in [0.5, 0.6) is 0 Å². The standard InChI is InChI=1S/C11H19N3OS/c1-8-10(9(12)7-15)16-11(13-8)14-5-3-2-4-6-14/h9,15H,2-7,12H2,1H3/t9-/m1/s1. The number of aryl methyl sites for hydroxylation is 1. The lowest BCUT2D eigenvalue weighted by atomic mass is 10.1. The summed E-state index contributed by atoms with van der Waals surface area (Å²) in [5.41, 5.74) is 6.80. The van der Waals surface area contributed by atoms with E-state index in [0.29, 0.717) is 0 Å². The Hall–Kier alpha value is -0.650. The maximum Gasteiger partial charge on any atom is 0.185 e. The molecule has 1 aliphatic heterocycles. The van der Waals surface area contributed by atoms with Crippen LogP contribution in [0, 0.1) is 6.92 Å². The van der Waals surface area contributed by atoms with E-state index in [9.17, 15) is 0 Å². The van der Waals surface area contributed by atoms with Crippen LogP contribution in [0.25, 0.3) is 0 Å². The van der Waals surface area contributed by atoms with Gasteiger partial charge < -0.3 is 15.7 Å². The number of aliphatic hydroxyl groups excluding tert-OH is 1. The number of thiazole rings is 1. The van der Waals surface area contributed by atoms with Crippen LogP contribution in [0.2, 0.25) is 0 Å². The Morgan fingerprint density at radius 2 is 2.12 bits per heavy atom. The molecule has 3 N–H and O–H groups in total. The molecule has 5 heteroatoms. The minimum absolute atomic E-state index is 0.0114. The van der Waals surface area contributed by atoms with E-state index in [2.05, 4.69) is 9.88 Å². The largest absolute Gasteiger partial charge is 0.394 e. The van der Waals surface area contributed by atoms with Crippen LogP contribution in [0.4, 0.5) is 5.13 Å². The predicted octanol–water partition coefficient (Wildman–Crippen LogP) is 1.43. The first-order valence-electron chi connectivity index (χ1n) is 5.81. The van der Waals surface area contributed by atoms with Gasteiger partial charge in [0.25, 0.3) is 0 Å². The summed E-state index contributed by atoms with van der Waals surface area (Å²) in [7, 11) is 0. The van der Waals surface area contributed by atoms with Crippen molar-refractivity contribution in [2.24, 2.45) is 5.73 Å². The maximum absolute atomic E-state index is 9.07. The highest BCUT2D eigenvalue weighted by Crippen LogP contribution is 2.31. The highest BCUT2D eigenvalue weighted by atomic mass is 32.1. The molecule has 0 saturated carbocycles. The molecule has 0 aliphatic carbocycles. The monoisotopic (exact) mass is 241 g/mol. The van der Waals surface area contributed by atoms with Gasteiger partial charge >= 0.3 is 0 Å². The molecule has 1 atom stereocenters. The van der Waals surface area contributed by atoms with Gasteiger partial charge in [0, 0.05) is 18.0 Å². The molecule has 90 valence electrons. The van der Waals surface area contributed by atoms with Crippen molar-refractivity contribution < 1.29 is 5.11 Å². The molecule has 16 heavy (non-hydrogen) atoms. The summed E-state index contributed by atoms with van der Waals surface area (Å²) in [5.74, 6) is 0. The smallest absolute Gasteiger partial charge is 0.185 e. The van der Waals surface area contributed by atoms with Crippen LogP contribution in [0.1, 0.15) is 35.9 Å². The number of rotatable bonds is 3. The number of nitrogens with zero attached hydrogens (tertiary/aromatic N) is 2. The third kappa shape index (κ3) is 2.36. The van der Waals surface area contributed by atoms with E-state index in [-0.39, 0.29) is 12.6 Å². The number of piperidine rings is 1. The Morgan fingerprint density at radius 3 is 2.75 bits per heavy atom. The zero-order valence-corrected chi connectivity index (χ0v) is 10.5. The first-order valence-corrected chi connectivity index (χ1v) is 6.62. The molecule has 0 radical (unpaired) electrons. The summed E-state index contributed by atoms with van der Waals surface area (Å²) < 4.78 is 0. The first kappa shape index (κ1) is 11.8. The number of aromatic nitrogens is 1. The van der Waals surface area contributed by atoms with Crippen LogP contribution in [0.3, 0.4) is 0 Å². The molecular formula is C11H19N3OS. The lowest BCUT2D eigenvalue weighted by Gasteiger charge is -2.25.